The van der Waals surface area contributed by atoms with Gasteiger partial charge in [-0.3, -0.25) is 14.7 Å². The van der Waals surface area contributed by atoms with Crippen LogP contribution in [0.25, 0.3) is 11.0 Å². The van der Waals surface area contributed by atoms with Crippen molar-refractivity contribution in [1.82, 2.24) is 19.9 Å². The van der Waals surface area contributed by atoms with Crippen LogP contribution >= 0.6 is 0 Å². The second kappa shape index (κ2) is 6.38. The van der Waals surface area contributed by atoms with E-state index in [9.17, 15) is 9.18 Å². The number of benzene rings is 1. The lowest BCUT2D eigenvalue weighted by molar-refractivity contribution is -0.0280. The zero-order valence-corrected chi connectivity index (χ0v) is 15.8. The molecule has 0 radical (unpaired) electrons. The summed E-state index contributed by atoms with van der Waals surface area (Å²) < 4.78 is 13.1. The number of nitrogens with zero attached hydrogens (tertiary/aromatic N) is 4. The van der Waals surface area contributed by atoms with Crippen molar-refractivity contribution in [1.29, 1.82) is 0 Å². The Kier molecular flexibility index (Phi) is 3.94. The summed E-state index contributed by atoms with van der Waals surface area (Å²) in [6.45, 7) is 6.78. The molecule has 1 N–H and O–H groups in total. The van der Waals surface area contributed by atoms with E-state index in [0.29, 0.717) is 17.5 Å². The van der Waals surface area contributed by atoms with E-state index in [1.807, 2.05) is 25.1 Å². The number of hydrogen-bond acceptors (Lipinski definition) is 5. The Morgan fingerprint density at radius 1 is 1.18 bits per heavy atom. The number of pyridine rings is 1. The first-order valence-corrected chi connectivity index (χ1v) is 9.64. The van der Waals surface area contributed by atoms with Gasteiger partial charge in [-0.25, -0.2) is 9.37 Å². The van der Waals surface area contributed by atoms with Gasteiger partial charge in [0.1, 0.15) is 17.0 Å². The topological polar surface area (TPSA) is 65.1 Å². The van der Waals surface area contributed by atoms with Gasteiger partial charge in [-0.2, -0.15) is 0 Å². The highest BCUT2D eigenvalue weighted by atomic mass is 19.1. The highest BCUT2D eigenvalue weighted by Crippen LogP contribution is 2.42. The fourth-order valence-corrected chi connectivity index (χ4v) is 4.44. The van der Waals surface area contributed by atoms with Crippen LogP contribution in [0.4, 0.5) is 10.1 Å². The van der Waals surface area contributed by atoms with Crippen molar-refractivity contribution in [2.24, 2.45) is 5.41 Å². The molecule has 0 saturated carbocycles. The maximum absolute atomic E-state index is 13.1. The Morgan fingerprint density at radius 3 is 2.64 bits per heavy atom. The number of hydrogen-bond donors (Lipinski definition) is 1. The van der Waals surface area contributed by atoms with E-state index in [2.05, 4.69) is 24.8 Å². The van der Waals surface area contributed by atoms with Crippen LogP contribution < -0.4 is 10.5 Å². The van der Waals surface area contributed by atoms with Crippen molar-refractivity contribution < 1.29 is 4.39 Å². The van der Waals surface area contributed by atoms with Crippen LogP contribution in [0.5, 0.6) is 0 Å². The van der Waals surface area contributed by atoms with Gasteiger partial charge in [0.25, 0.3) is 5.56 Å². The van der Waals surface area contributed by atoms with Crippen LogP contribution in [-0.2, 0) is 13.0 Å². The van der Waals surface area contributed by atoms with Crippen molar-refractivity contribution in [2.45, 2.75) is 19.9 Å². The number of likely N-dealkylation sites (tertiary alicyclic amines) is 1. The maximum Gasteiger partial charge on any atom is 0.270 e. The molecule has 5 rings (SSSR count). The molecule has 0 bridgehead atoms. The Balaban J connectivity index is 1.21. The first kappa shape index (κ1) is 17.3. The third kappa shape index (κ3) is 2.96. The Bertz CT molecular complexity index is 1080. The van der Waals surface area contributed by atoms with Crippen LogP contribution in [0.2, 0.25) is 0 Å². The van der Waals surface area contributed by atoms with Crippen LogP contribution in [0.3, 0.4) is 0 Å². The molecule has 4 heterocycles. The average Bonchev–Trinajstić information content (AvgIpc) is 2.63. The predicted molar refractivity (Wildman–Crippen MR) is 106 cm³/mol. The monoisotopic (exact) mass is 379 g/mol. The van der Waals surface area contributed by atoms with Crippen molar-refractivity contribution in [3.8, 4) is 0 Å². The molecule has 7 heteroatoms. The number of nitrogens with one attached hydrogen (secondary N) is 1. The molecule has 3 aromatic rings. The standard InChI is InChI=1S/C21H22FN5O/c1-2-17-20(28)25-18-7-15(23-8-19(18)24-17)9-26-10-21(11-26)12-27(13-21)16-5-3-14(22)4-6-16/h3-8H,2,9-13H2,1H3,(H,25,28). The van der Waals surface area contributed by atoms with E-state index in [4.69, 9.17) is 0 Å². The predicted octanol–water partition coefficient (Wildman–Crippen LogP) is 2.34. The van der Waals surface area contributed by atoms with E-state index in [-0.39, 0.29) is 11.4 Å². The van der Waals surface area contributed by atoms with Crippen LogP contribution in [0.1, 0.15) is 18.3 Å². The summed E-state index contributed by atoms with van der Waals surface area (Å²) in [7, 11) is 0. The number of aromatic nitrogens is 3. The van der Waals surface area contributed by atoms with Gasteiger partial charge in [0, 0.05) is 43.8 Å². The molecule has 1 spiro atoms. The van der Waals surface area contributed by atoms with Crippen molar-refractivity contribution >= 4 is 16.7 Å². The first-order chi connectivity index (χ1) is 13.5. The number of halogens is 1. The molecule has 0 atom stereocenters. The summed E-state index contributed by atoms with van der Waals surface area (Å²) in [6, 6.07) is 8.65. The number of H-pyrrole nitrogens is 1. The maximum atomic E-state index is 13.1. The minimum atomic E-state index is -0.195. The lowest BCUT2D eigenvalue weighted by atomic mass is 9.72. The quantitative estimate of drug-likeness (QED) is 0.754. The molecule has 144 valence electrons. The van der Waals surface area contributed by atoms with E-state index < -0.39 is 0 Å². The Morgan fingerprint density at radius 2 is 1.93 bits per heavy atom. The molecule has 0 unspecified atom stereocenters. The molecule has 2 aliphatic rings. The summed E-state index contributed by atoms with van der Waals surface area (Å²) in [5.41, 5.74) is 4.27. The van der Waals surface area contributed by atoms with Crippen molar-refractivity contribution in [3.05, 3.63) is 64.1 Å². The lowest BCUT2D eigenvalue weighted by Crippen LogP contribution is -2.72. The van der Waals surface area contributed by atoms with Gasteiger partial charge in [-0.1, -0.05) is 6.92 Å². The van der Waals surface area contributed by atoms with Crippen LogP contribution in [0, 0.1) is 11.2 Å². The SMILES string of the molecule is CCc1nc2cnc(CN3CC4(C3)CN(c3ccc(F)cc3)C4)cc2[nH]c1=O. The first-order valence-electron chi connectivity index (χ1n) is 9.64. The van der Waals surface area contributed by atoms with Gasteiger partial charge in [0.15, 0.2) is 0 Å². The number of aromatic amines is 1. The van der Waals surface area contributed by atoms with Gasteiger partial charge < -0.3 is 9.88 Å². The molecule has 2 aliphatic heterocycles. The number of fused-ring (bicyclic) bond motifs is 1. The molecular weight excluding hydrogens is 357 g/mol. The van der Waals surface area contributed by atoms with Crippen molar-refractivity contribution in [3.63, 3.8) is 0 Å². The molecule has 1 aromatic carbocycles. The highest BCUT2D eigenvalue weighted by Gasteiger charge is 2.51. The average molecular weight is 379 g/mol. The normalized spacial score (nSPS) is 18.3. The van der Waals surface area contributed by atoms with E-state index >= 15 is 0 Å². The van der Waals surface area contributed by atoms with E-state index in [1.54, 1.807) is 6.20 Å². The molecule has 28 heavy (non-hydrogen) atoms. The molecule has 2 fully saturated rings. The van der Waals surface area contributed by atoms with Gasteiger partial charge in [-0.05, 0) is 36.8 Å². The van der Waals surface area contributed by atoms with Crippen LogP contribution in [-0.4, -0.2) is 46.0 Å². The van der Waals surface area contributed by atoms with Gasteiger partial charge in [0.2, 0.25) is 0 Å². The van der Waals surface area contributed by atoms with Gasteiger partial charge >= 0.3 is 0 Å². The summed E-state index contributed by atoms with van der Waals surface area (Å²) >= 11 is 0. The van der Waals surface area contributed by atoms with Gasteiger partial charge in [-0.15, -0.1) is 0 Å². The molecule has 2 saturated heterocycles. The smallest absolute Gasteiger partial charge is 0.270 e. The minimum Gasteiger partial charge on any atom is -0.370 e. The molecule has 0 amide bonds. The zero-order chi connectivity index (χ0) is 19.3. The van der Waals surface area contributed by atoms with E-state index in [1.165, 1.54) is 12.1 Å². The third-order valence-corrected chi connectivity index (χ3v) is 5.79. The fourth-order valence-electron chi connectivity index (χ4n) is 4.44. The minimum absolute atomic E-state index is 0.120. The lowest BCUT2D eigenvalue weighted by Gasteiger charge is -2.61. The fraction of sp³-hybridized carbons (Fsp3) is 0.381. The molecule has 2 aromatic heterocycles. The largest absolute Gasteiger partial charge is 0.370 e. The Hall–Kier alpha value is -2.80. The summed E-state index contributed by atoms with van der Waals surface area (Å²) in [6.07, 6.45) is 2.35. The second-order valence-corrected chi connectivity index (χ2v) is 8.04. The summed E-state index contributed by atoms with van der Waals surface area (Å²) in [5.74, 6) is -0.195. The van der Waals surface area contributed by atoms with Crippen LogP contribution in [0.15, 0.2) is 41.3 Å². The van der Waals surface area contributed by atoms with Gasteiger partial charge in [0.05, 0.1) is 17.4 Å². The summed E-state index contributed by atoms with van der Waals surface area (Å²) in [4.78, 5) is 28.5. The summed E-state index contributed by atoms with van der Waals surface area (Å²) in [5, 5.41) is 0. The third-order valence-electron chi connectivity index (χ3n) is 5.79. The number of aryl methyl sites for hydroxylation is 1. The Labute approximate surface area is 162 Å². The zero-order valence-electron chi connectivity index (χ0n) is 15.8. The molecule has 0 aliphatic carbocycles. The number of anilines is 1. The number of rotatable bonds is 4. The van der Waals surface area contributed by atoms with Crippen molar-refractivity contribution in [2.75, 3.05) is 31.1 Å². The van der Waals surface area contributed by atoms with E-state index in [0.717, 1.165) is 55.1 Å². The second-order valence-electron chi connectivity index (χ2n) is 8.04. The highest BCUT2D eigenvalue weighted by molar-refractivity contribution is 5.73. The molecular formula is C21H22FN5O. The molecule has 6 nitrogen and oxygen atoms in total.